The Balaban J connectivity index is 1.89. The highest BCUT2D eigenvalue weighted by atomic mass is 28.3. The molecule has 0 N–H and O–H groups in total. The van der Waals surface area contributed by atoms with Crippen LogP contribution in [0.15, 0.2) is 102 Å². The zero-order valence-electron chi connectivity index (χ0n) is 22.4. The van der Waals surface area contributed by atoms with Crippen molar-refractivity contribution < 1.29 is 0 Å². The fourth-order valence-corrected chi connectivity index (χ4v) is 11.8. The SMILES string of the molecule is Cc1cc(C)cc([Si](C2=CC(c3ccccc3)=CC2)(c2cc(C)cc(C)c2)c2cc(C)cc(C)c2)c1. The zero-order chi connectivity index (χ0) is 25.4. The van der Waals surface area contributed by atoms with Crippen molar-refractivity contribution in [2.75, 3.05) is 0 Å². The standard InChI is InChI=1S/C35H36Si/c1-24-14-25(2)18-33(17-24)36(34-19-26(3)15-27(4)20-34,35-21-28(5)16-29(6)22-35)32-13-12-31(23-32)30-10-8-7-9-11-30/h7-12,14-23H,13H2,1-6H3. The molecule has 36 heavy (non-hydrogen) atoms. The summed E-state index contributed by atoms with van der Waals surface area (Å²) in [7, 11) is -2.54. The molecule has 1 heteroatoms. The van der Waals surface area contributed by atoms with Crippen molar-refractivity contribution >= 4 is 29.2 Å². The van der Waals surface area contributed by atoms with Crippen molar-refractivity contribution in [3.8, 4) is 0 Å². The Bertz CT molecular complexity index is 1320. The summed E-state index contributed by atoms with van der Waals surface area (Å²) in [4.78, 5) is 0. The topological polar surface area (TPSA) is 0 Å². The molecule has 0 saturated heterocycles. The number of hydrogen-bond acceptors (Lipinski definition) is 0. The molecule has 0 fully saturated rings. The molecular formula is C35H36Si. The minimum Gasteiger partial charge on any atom is -0.0730 e. The molecule has 0 amide bonds. The van der Waals surface area contributed by atoms with E-state index in [2.05, 4.69) is 139 Å². The van der Waals surface area contributed by atoms with E-state index in [1.807, 2.05) is 0 Å². The molecule has 5 rings (SSSR count). The molecule has 0 heterocycles. The molecule has 1 aliphatic rings. The maximum absolute atomic E-state index is 2.54. The van der Waals surface area contributed by atoms with Gasteiger partial charge in [-0.3, -0.25) is 0 Å². The molecule has 0 spiro atoms. The van der Waals surface area contributed by atoms with E-state index in [1.165, 1.54) is 60.1 Å². The van der Waals surface area contributed by atoms with Gasteiger partial charge in [-0.2, -0.15) is 0 Å². The quantitative estimate of drug-likeness (QED) is 0.212. The van der Waals surface area contributed by atoms with E-state index in [0.717, 1.165) is 6.42 Å². The number of hydrogen-bond donors (Lipinski definition) is 0. The summed E-state index contributed by atoms with van der Waals surface area (Å²) in [5.41, 5.74) is 10.7. The summed E-state index contributed by atoms with van der Waals surface area (Å²) in [6.07, 6.45) is 5.96. The van der Waals surface area contributed by atoms with Crippen LogP contribution in [-0.4, -0.2) is 8.07 Å². The largest absolute Gasteiger partial charge is 0.176 e. The van der Waals surface area contributed by atoms with Crippen LogP contribution in [0.4, 0.5) is 0 Å². The second-order valence-electron chi connectivity index (χ2n) is 10.8. The van der Waals surface area contributed by atoms with E-state index in [-0.39, 0.29) is 0 Å². The second-order valence-corrected chi connectivity index (χ2v) is 14.7. The summed E-state index contributed by atoms with van der Waals surface area (Å²) in [5.74, 6) is 0. The van der Waals surface area contributed by atoms with Crippen LogP contribution in [0.25, 0.3) is 5.57 Å². The van der Waals surface area contributed by atoms with E-state index in [4.69, 9.17) is 0 Å². The van der Waals surface area contributed by atoms with Gasteiger partial charge in [0.1, 0.15) is 0 Å². The van der Waals surface area contributed by atoms with Crippen molar-refractivity contribution in [2.24, 2.45) is 0 Å². The lowest BCUT2D eigenvalue weighted by Crippen LogP contribution is -2.69. The summed E-state index contributed by atoms with van der Waals surface area (Å²) in [6, 6.07) is 32.6. The predicted octanol–water partition coefficient (Wildman–Crippen LogP) is 6.96. The lowest BCUT2D eigenvalue weighted by atomic mass is 10.1. The average Bonchev–Trinajstić information content (AvgIpc) is 3.29. The van der Waals surface area contributed by atoms with Gasteiger partial charge in [0.25, 0.3) is 0 Å². The Morgan fingerprint density at radius 2 is 0.889 bits per heavy atom. The summed E-state index contributed by atoms with van der Waals surface area (Å²) in [5, 5.41) is 6.04. The van der Waals surface area contributed by atoms with Crippen LogP contribution < -0.4 is 15.6 Å². The molecule has 0 aromatic heterocycles. The van der Waals surface area contributed by atoms with E-state index >= 15 is 0 Å². The van der Waals surface area contributed by atoms with Crippen molar-refractivity contribution in [3.05, 3.63) is 141 Å². The molecule has 0 unspecified atom stereocenters. The minimum absolute atomic E-state index is 0.990. The van der Waals surface area contributed by atoms with Crippen LogP contribution >= 0.6 is 0 Å². The monoisotopic (exact) mass is 484 g/mol. The van der Waals surface area contributed by atoms with Gasteiger partial charge in [-0.15, -0.1) is 0 Å². The third kappa shape index (κ3) is 4.44. The van der Waals surface area contributed by atoms with Gasteiger partial charge in [-0.05, 0) is 74.7 Å². The van der Waals surface area contributed by atoms with Crippen LogP contribution in [0.3, 0.4) is 0 Å². The first-order chi connectivity index (χ1) is 17.3. The maximum Gasteiger partial charge on any atom is 0.176 e. The van der Waals surface area contributed by atoms with Gasteiger partial charge in [-0.1, -0.05) is 136 Å². The molecule has 1 aliphatic carbocycles. The summed E-state index contributed by atoms with van der Waals surface area (Å²) < 4.78 is 0. The van der Waals surface area contributed by atoms with Crippen LogP contribution in [0, 0.1) is 41.5 Å². The Labute approximate surface area is 218 Å². The third-order valence-corrected chi connectivity index (χ3v) is 12.2. The first kappa shape index (κ1) is 24.3. The second kappa shape index (κ2) is 9.56. The highest BCUT2D eigenvalue weighted by Gasteiger charge is 2.44. The van der Waals surface area contributed by atoms with E-state index in [1.54, 1.807) is 5.20 Å². The van der Waals surface area contributed by atoms with E-state index in [9.17, 15) is 0 Å². The highest BCUT2D eigenvalue weighted by molar-refractivity contribution is 7.16. The van der Waals surface area contributed by atoms with Crippen molar-refractivity contribution in [1.82, 2.24) is 0 Å². The fourth-order valence-electron chi connectivity index (χ4n) is 6.25. The molecule has 0 radical (unpaired) electrons. The zero-order valence-corrected chi connectivity index (χ0v) is 23.4. The smallest absolute Gasteiger partial charge is 0.0730 e. The predicted molar refractivity (Wildman–Crippen MR) is 160 cm³/mol. The molecule has 0 atom stereocenters. The van der Waals surface area contributed by atoms with Gasteiger partial charge in [0, 0.05) is 0 Å². The van der Waals surface area contributed by atoms with Gasteiger partial charge in [0.2, 0.25) is 0 Å². The Morgan fingerprint density at radius 1 is 0.500 bits per heavy atom. The first-order valence-electron chi connectivity index (χ1n) is 13.0. The van der Waals surface area contributed by atoms with E-state index in [0.29, 0.717) is 0 Å². The van der Waals surface area contributed by atoms with Crippen molar-refractivity contribution in [1.29, 1.82) is 0 Å². The first-order valence-corrected chi connectivity index (χ1v) is 15.0. The Hall–Kier alpha value is -3.42. The molecule has 0 aliphatic heterocycles. The van der Waals surface area contributed by atoms with Crippen molar-refractivity contribution in [3.63, 3.8) is 0 Å². The van der Waals surface area contributed by atoms with E-state index < -0.39 is 8.07 Å². The molecule has 4 aromatic rings. The third-order valence-electron chi connectivity index (χ3n) is 7.42. The summed E-state index contributed by atoms with van der Waals surface area (Å²) >= 11 is 0. The van der Waals surface area contributed by atoms with Gasteiger partial charge in [0.15, 0.2) is 8.07 Å². The van der Waals surface area contributed by atoms with Gasteiger partial charge in [0.05, 0.1) is 0 Å². The average molecular weight is 485 g/mol. The molecule has 0 bridgehead atoms. The van der Waals surface area contributed by atoms with Gasteiger partial charge in [-0.25, -0.2) is 0 Å². The van der Waals surface area contributed by atoms with Crippen LogP contribution in [0.5, 0.6) is 0 Å². The summed E-state index contributed by atoms with van der Waals surface area (Å²) in [6.45, 7) is 13.5. The number of allylic oxidation sites excluding steroid dienone is 4. The lowest BCUT2D eigenvalue weighted by molar-refractivity contribution is 1.34. The highest BCUT2D eigenvalue weighted by Crippen LogP contribution is 2.33. The Morgan fingerprint density at radius 3 is 1.28 bits per heavy atom. The molecule has 0 nitrogen and oxygen atoms in total. The normalized spacial score (nSPS) is 13.5. The Kier molecular flexibility index (Phi) is 6.45. The van der Waals surface area contributed by atoms with Gasteiger partial charge >= 0.3 is 0 Å². The lowest BCUT2D eigenvalue weighted by Gasteiger charge is -2.37. The number of rotatable bonds is 5. The molecular weight excluding hydrogens is 448 g/mol. The maximum atomic E-state index is 2.52. The minimum atomic E-state index is -2.54. The number of aryl methyl sites for hydroxylation is 6. The van der Waals surface area contributed by atoms with Crippen LogP contribution in [-0.2, 0) is 0 Å². The molecule has 4 aromatic carbocycles. The number of benzene rings is 4. The molecule has 180 valence electrons. The molecule has 0 saturated carbocycles. The van der Waals surface area contributed by atoms with Crippen LogP contribution in [0.2, 0.25) is 0 Å². The van der Waals surface area contributed by atoms with Crippen molar-refractivity contribution in [2.45, 2.75) is 48.0 Å². The van der Waals surface area contributed by atoms with Crippen LogP contribution in [0.1, 0.15) is 45.4 Å². The fraction of sp³-hybridized carbons (Fsp3) is 0.200. The van der Waals surface area contributed by atoms with Gasteiger partial charge < -0.3 is 0 Å².